The maximum absolute atomic E-state index is 4.76. The second-order valence-corrected chi connectivity index (χ2v) is 8.80. The molecule has 4 nitrogen and oxygen atoms in total. The maximum Gasteiger partial charge on any atom is 0.147 e. The third kappa shape index (κ3) is 4.63. The Morgan fingerprint density at radius 2 is 2.10 bits per heavy atom. The zero-order valence-corrected chi connectivity index (χ0v) is 14.0. The van der Waals surface area contributed by atoms with E-state index in [0.717, 1.165) is 36.9 Å². The van der Waals surface area contributed by atoms with Crippen molar-refractivity contribution < 1.29 is 0 Å². The minimum Gasteiger partial charge on any atom is -0.353 e. The number of rotatable bonds is 3. The van der Waals surface area contributed by atoms with Gasteiger partial charge < -0.3 is 10.2 Å². The van der Waals surface area contributed by atoms with E-state index in [0.29, 0.717) is 4.75 Å². The van der Waals surface area contributed by atoms with Gasteiger partial charge in [-0.25, -0.2) is 4.98 Å². The van der Waals surface area contributed by atoms with Crippen LogP contribution in [0.2, 0.25) is 0 Å². The van der Waals surface area contributed by atoms with Gasteiger partial charge >= 0.3 is 0 Å². The molecule has 0 amide bonds. The molecule has 0 aliphatic carbocycles. The first kappa shape index (κ1) is 15.6. The normalized spacial score (nSPS) is 19.1. The summed E-state index contributed by atoms with van der Waals surface area (Å²) in [5.74, 6) is 2.16. The molecule has 1 fully saturated rings. The van der Waals surface area contributed by atoms with Crippen LogP contribution in [0, 0.1) is 0 Å². The molecule has 1 aliphatic heterocycles. The summed E-state index contributed by atoms with van der Waals surface area (Å²) in [6.45, 7) is 13.9. The summed E-state index contributed by atoms with van der Waals surface area (Å²) in [5.41, 5.74) is 1.11. The van der Waals surface area contributed by atoms with Gasteiger partial charge in [0.25, 0.3) is 0 Å². The molecule has 0 atom stereocenters. The third-order valence-electron chi connectivity index (χ3n) is 3.22. The lowest BCUT2D eigenvalue weighted by atomic mass is 10.1. The van der Waals surface area contributed by atoms with Gasteiger partial charge in [-0.2, -0.15) is 11.8 Å². The molecule has 1 N–H and O–H groups in total. The van der Waals surface area contributed by atoms with Crippen molar-refractivity contribution in [2.45, 2.75) is 51.4 Å². The summed E-state index contributed by atoms with van der Waals surface area (Å²) in [6.07, 6.45) is 3.73. The van der Waals surface area contributed by atoms with Crippen LogP contribution in [0.1, 0.15) is 40.3 Å². The van der Waals surface area contributed by atoms with Crippen molar-refractivity contribution in [3.05, 3.63) is 18.1 Å². The summed E-state index contributed by atoms with van der Waals surface area (Å²) in [7, 11) is 0. The molecular formula is C15H26N4S. The Labute approximate surface area is 126 Å². The van der Waals surface area contributed by atoms with Gasteiger partial charge in [0.05, 0.1) is 11.9 Å². The fraction of sp³-hybridized carbons (Fsp3) is 0.733. The van der Waals surface area contributed by atoms with E-state index in [1.165, 1.54) is 0 Å². The van der Waals surface area contributed by atoms with Gasteiger partial charge in [-0.3, -0.25) is 4.98 Å². The molecule has 1 aliphatic rings. The molecule has 2 rings (SSSR count). The van der Waals surface area contributed by atoms with Crippen LogP contribution in [0.3, 0.4) is 0 Å². The second-order valence-electron chi connectivity index (χ2n) is 7.00. The Bertz CT molecular complexity index is 453. The average molecular weight is 294 g/mol. The third-order valence-corrected chi connectivity index (χ3v) is 4.52. The second kappa shape index (κ2) is 5.90. The summed E-state index contributed by atoms with van der Waals surface area (Å²) in [6, 6.07) is 0. The molecule has 0 radical (unpaired) electrons. The van der Waals surface area contributed by atoms with Crippen LogP contribution >= 0.6 is 11.8 Å². The number of anilines is 1. The Morgan fingerprint density at radius 1 is 1.35 bits per heavy atom. The molecule has 0 spiro atoms. The Balaban J connectivity index is 2.05. The van der Waals surface area contributed by atoms with E-state index in [1.807, 2.05) is 24.2 Å². The van der Waals surface area contributed by atoms with Crippen molar-refractivity contribution in [3.8, 4) is 0 Å². The van der Waals surface area contributed by atoms with Crippen LogP contribution in [-0.2, 0) is 6.54 Å². The molecule has 0 aromatic carbocycles. The minimum absolute atomic E-state index is 0.0987. The Morgan fingerprint density at radius 3 is 2.75 bits per heavy atom. The molecule has 5 heteroatoms. The van der Waals surface area contributed by atoms with Gasteiger partial charge in [0, 0.05) is 41.9 Å². The first-order valence-electron chi connectivity index (χ1n) is 7.20. The average Bonchev–Trinajstić information content (AvgIpc) is 2.35. The first-order valence-corrected chi connectivity index (χ1v) is 8.19. The zero-order chi connectivity index (χ0) is 14.8. The topological polar surface area (TPSA) is 41.1 Å². The molecule has 20 heavy (non-hydrogen) atoms. The fourth-order valence-corrected chi connectivity index (χ4v) is 3.31. The van der Waals surface area contributed by atoms with Crippen LogP contribution in [0.25, 0.3) is 0 Å². The van der Waals surface area contributed by atoms with Gasteiger partial charge in [-0.05, 0) is 34.6 Å². The smallest absolute Gasteiger partial charge is 0.147 e. The number of hydrogen-bond acceptors (Lipinski definition) is 5. The number of nitrogens with zero attached hydrogens (tertiary/aromatic N) is 3. The summed E-state index contributed by atoms with van der Waals surface area (Å²) in [5, 5.41) is 3.46. The van der Waals surface area contributed by atoms with E-state index in [4.69, 9.17) is 4.98 Å². The van der Waals surface area contributed by atoms with Gasteiger partial charge in [-0.1, -0.05) is 0 Å². The van der Waals surface area contributed by atoms with Crippen LogP contribution < -0.4 is 10.2 Å². The van der Waals surface area contributed by atoms with Gasteiger partial charge in [-0.15, -0.1) is 0 Å². The summed E-state index contributed by atoms with van der Waals surface area (Å²) < 4.78 is 0.291. The van der Waals surface area contributed by atoms with E-state index in [1.54, 1.807) is 0 Å². The molecule has 1 aromatic heterocycles. The lowest BCUT2D eigenvalue weighted by Gasteiger charge is -2.38. The Hall–Kier alpha value is -0.810. The number of nitrogens with one attached hydrogen (secondary N) is 1. The lowest BCUT2D eigenvalue weighted by Crippen LogP contribution is -2.43. The summed E-state index contributed by atoms with van der Waals surface area (Å²) >= 11 is 2.03. The van der Waals surface area contributed by atoms with Crippen LogP contribution in [0.5, 0.6) is 0 Å². The van der Waals surface area contributed by atoms with Gasteiger partial charge in [0.2, 0.25) is 0 Å². The predicted molar refractivity (Wildman–Crippen MR) is 87.4 cm³/mol. The molecule has 0 bridgehead atoms. The van der Waals surface area contributed by atoms with Crippen molar-refractivity contribution in [2.24, 2.45) is 0 Å². The van der Waals surface area contributed by atoms with E-state index in [9.17, 15) is 0 Å². The van der Waals surface area contributed by atoms with E-state index in [-0.39, 0.29) is 5.54 Å². The van der Waals surface area contributed by atoms with Crippen molar-refractivity contribution in [3.63, 3.8) is 0 Å². The minimum atomic E-state index is 0.0987. The first-order chi connectivity index (χ1) is 9.25. The molecule has 0 saturated carbocycles. The summed E-state index contributed by atoms with van der Waals surface area (Å²) in [4.78, 5) is 11.5. The van der Waals surface area contributed by atoms with Crippen molar-refractivity contribution >= 4 is 17.6 Å². The molecule has 1 saturated heterocycles. The number of aromatic nitrogens is 2. The maximum atomic E-state index is 4.76. The van der Waals surface area contributed by atoms with Crippen molar-refractivity contribution in [1.82, 2.24) is 15.3 Å². The van der Waals surface area contributed by atoms with E-state index in [2.05, 4.69) is 49.8 Å². The standard InChI is InChI=1S/C15H26N4S/c1-14(2,3)17-9-12-8-16-10-13(18-12)19-6-7-20-15(4,5)11-19/h8,10,17H,6-7,9,11H2,1-5H3. The molecule has 112 valence electrons. The lowest BCUT2D eigenvalue weighted by molar-refractivity contribution is 0.421. The fourth-order valence-electron chi connectivity index (χ4n) is 2.20. The highest BCUT2D eigenvalue weighted by Crippen LogP contribution is 2.31. The molecular weight excluding hydrogens is 268 g/mol. The molecule has 2 heterocycles. The highest BCUT2D eigenvalue weighted by atomic mass is 32.2. The number of hydrogen-bond donors (Lipinski definition) is 1. The van der Waals surface area contributed by atoms with E-state index >= 15 is 0 Å². The van der Waals surface area contributed by atoms with Crippen LogP contribution in [0.4, 0.5) is 5.82 Å². The highest BCUT2D eigenvalue weighted by Gasteiger charge is 2.27. The monoisotopic (exact) mass is 294 g/mol. The van der Waals surface area contributed by atoms with Crippen LogP contribution in [-0.4, -0.2) is 39.1 Å². The quantitative estimate of drug-likeness (QED) is 0.928. The molecule has 1 aromatic rings. The highest BCUT2D eigenvalue weighted by molar-refractivity contribution is 8.00. The van der Waals surface area contributed by atoms with Crippen LogP contribution in [0.15, 0.2) is 12.4 Å². The zero-order valence-electron chi connectivity index (χ0n) is 13.2. The van der Waals surface area contributed by atoms with Gasteiger partial charge in [0.15, 0.2) is 0 Å². The van der Waals surface area contributed by atoms with E-state index < -0.39 is 0 Å². The number of thioether (sulfide) groups is 1. The molecule has 0 unspecified atom stereocenters. The van der Waals surface area contributed by atoms with Gasteiger partial charge in [0.1, 0.15) is 5.82 Å². The predicted octanol–water partition coefficient (Wildman–Crippen LogP) is 2.70. The van der Waals surface area contributed by atoms with Crippen molar-refractivity contribution in [2.75, 3.05) is 23.7 Å². The Kier molecular flexibility index (Phi) is 4.59. The van der Waals surface area contributed by atoms with Crippen molar-refractivity contribution in [1.29, 1.82) is 0 Å². The largest absolute Gasteiger partial charge is 0.353 e. The SMILES string of the molecule is CC(C)(C)NCc1cncc(N2CCSC(C)(C)C2)n1.